The van der Waals surface area contributed by atoms with Gasteiger partial charge in [0.05, 0.1) is 18.8 Å². The van der Waals surface area contributed by atoms with Gasteiger partial charge in [-0.15, -0.1) is 0 Å². The molecule has 2 N–H and O–H groups in total. The Balaban J connectivity index is 1.39. The van der Waals surface area contributed by atoms with E-state index >= 15 is 0 Å². The molecule has 5 saturated carbocycles. The number of aliphatic hydroxyl groups is 2. The highest BCUT2D eigenvalue weighted by Crippen LogP contribution is 2.82. The van der Waals surface area contributed by atoms with Gasteiger partial charge in [-0.3, -0.25) is 0 Å². The number of aliphatic hydroxyl groups excluding tert-OH is 2. The Hall–Kier alpha value is -0.380. The summed E-state index contributed by atoms with van der Waals surface area (Å²) in [6, 6.07) is 0. The normalized spacial score (nSPS) is 51.6. The maximum atomic E-state index is 11.1. The van der Waals surface area contributed by atoms with Gasteiger partial charge in [-0.25, -0.2) is 0 Å². The van der Waals surface area contributed by atoms with E-state index in [0.29, 0.717) is 28.3 Å². The van der Waals surface area contributed by atoms with Crippen molar-refractivity contribution >= 4 is 0 Å². The fourth-order valence-corrected chi connectivity index (χ4v) is 10.5. The molecule has 0 saturated heterocycles. The third-order valence-corrected chi connectivity index (χ3v) is 12.4. The lowest BCUT2D eigenvalue weighted by molar-refractivity contribution is -0.162. The molecule has 0 unspecified atom stereocenters. The minimum Gasteiger partial charge on any atom is -0.392 e. The molecule has 0 aromatic rings. The minimum atomic E-state index is -0.459. The number of ether oxygens (including phenoxy) is 1. The van der Waals surface area contributed by atoms with E-state index in [2.05, 4.69) is 34.6 Å². The van der Waals surface area contributed by atoms with Crippen molar-refractivity contribution in [3.05, 3.63) is 11.6 Å². The predicted molar refractivity (Wildman–Crippen MR) is 129 cm³/mol. The first-order valence-corrected chi connectivity index (χ1v) is 13.7. The molecule has 1 spiro atoms. The Morgan fingerprint density at radius 2 is 1.81 bits per heavy atom. The molecule has 0 aromatic carbocycles. The molecule has 5 aliphatic rings. The number of hydrogen-bond acceptors (Lipinski definition) is 3. The summed E-state index contributed by atoms with van der Waals surface area (Å²) in [7, 11) is 1.98. The van der Waals surface area contributed by atoms with E-state index in [1.165, 1.54) is 51.4 Å². The van der Waals surface area contributed by atoms with Crippen LogP contribution in [0.5, 0.6) is 0 Å². The summed E-state index contributed by atoms with van der Waals surface area (Å²) in [5, 5.41) is 20.9. The van der Waals surface area contributed by atoms with Crippen LogP contribution in [0.15, 0.2) is 11.6 Å². The molecule has 0 heterocycles. The lowest BCUT2D eigenvalue weighted by atomic mass is 9.45. The molecule has 32 heavy (non-hydrogen) atoms. The molecule has 5 aliphatic carbocycles. The van der Waals surface area contributed by atoms with Crippen molar-refractivity contribution in [1.82, 2.24) is 0 Å². The van der Waals surface area contributed by atoms with Crippen molar-refractivity contribution in [3.63, 3.8) is 0 Å². The first-order chi connectivity index (χ1) is 15.1. The Kier molecular flexibility index (Phi) is 5.71. The summed E-state index contributed by atoms with van der Waals surface area (Å²) in [6.07, 6.45) is 12.8. The first-order valence-electron chi connectivity index (χ1n) is 13.7. The topological polar surface area (TPSA) is 49.7 Å². The molecule has 0 amide bonds. The van der Waals surface area contributed by atoms with E-state index in [9.17, 15) is 10.2 Å². The monoisotopic (exact) mass is 444 g/mol. The van der Waals surface area contributed by atoms with Gasteiger partial charge in [0.15, 0.2) is 0 Å². The van der Waals surface area contributed by atoms with Gasteiger partial charge < -0.3 is 14.9 Å². The fourth-order valence-electron chi connectivity index (χ4n) is 10.5. The molecule has 0 bridgehead atoms. The van der Waals surface area contributed by atoms with E-state index in [4.69, 9.17) is 4.74 Å². The molecule has 11 atom stereocenters. The largest absolute Gasteiger partial charge is 0.392 e. The second kappa shape index (κ2) is 7.82. The van der Waals surface area contributed by atoms with Gasteiger partial charge in [0.2, 0.25) is 0 Å². The van der Waals surface area contributed by atoms with Gasteiger partial charge >= 0.3 is 0 Å². The van der Waals surface area contributed by atoms with Crippen LogP contribution in [0.3, 0.4) is 0 Å². The van der Waals surface area contributed by atoms with Crippen molar-refractivity contribution in [2.24, 2.45) is 57.7 Å². The van der Waals surface area contributed by atoms with Crippen LogP contribution in [0.4, 0.5) is 0 Å². The van der Waals surface area contributed by atoms with Gasteiger partial charge in [0.25, 0.3) is 0 Å². The highest BCUT2D eigenvalue weighted by Gasteiger charge is 2.77. The van der Waals surface area contributed by atoms with Gasteiger partial charge in [-0.05, 0) is 109 Å². The maximum Gasteiger partial charge on any atom is 0.0752 e. The Morgan fingerprint density at radius 3 is 2.44 bits per heavy atom. The van der Waals surface area contributed by atoms with Crippen molar-refractivity contribution in [1.29, 1.82) is 0 Å². The van der Waals surface area contributed by atoms with E-state index in [1.54, 1.807) is 0 Å². The molecule has 5 fully saturated rings. The smallest absolute Gasteiger partial charge is 0.0752 e. The molecule has 5 rings (SSSR count). The van der Waals surface area contributed by atoms with Crippen molar-refractivity contribution in [2.45, 2.75) is 98.2 Å². The Labute approximate surface area is 196 Å². The number of rotatable bonds is 6. The maximum absolute atomic E-state index is 11.1. The van der Waals surface area contributed by atoms with Crippen LogP contribution >= 0.6 is 0 Å². The quantitative estimate of drug-likeness (QED) is 0.506. The minimum absolute atomic E-state index is 0.0511. The standard InChI is InChI=1S/C29H48O3/c1-17(2)19(16-30)13-25(31)18(3)22-7-8-23-21-14-26(32-6)29-15-20(29)9-12-28(29,5)24(21)10-11-27(22,23)4/h13,17-18,20-26,30-31H,7-12,14-16H2,1-6H3/b19-13+/t18-,20+,21-,22+,23-,24-,25+,26+,27+,28+,29-/m0/s1. The zero-order valence-electron chi connectivity index (χ0n) is 21.4. The van der Waals surface area contributed by atoms with Gasteiger partial charge in [-0.1, -0.05) is 40.7 Å². The summed E-state index contributed by atoms with van der Waals surface area (Å²) < 4.78 is 6.26. The molecule has 182 valence electrons. The lowest BCUT2D eigenvalue weighted by Crippen LogP contribution is -2.57. The van der Waals surface area contributed by atoms with Gasteiger partial charge in [0, 0.05) is 12.5 Å². The zero-order chi connectivity index (χ0) is 23.1. The SMILES string of the molecule is CO[C@@H]1C[C@H]2[C@@H]3CC[C@H]([C@H](C)[C@H](O)/C=C(\CO)C(C)C)[C@@]3(C)CC[C@@H]2[C@@]2(C)CC[C@@H]3C[C@]312. The third-order valence-electron chi connectivity index (χ3n) is 12.4. The number of hydrogen-bond donors (Lipinski definition) is 2. The van der Waals surface area contributed by atoms with E-state index < -0.39 is 6.10 Å². The Bertz CT molecular complexity index is 760. The van der Waals surface area contributed by atoms with Gasteiger partial charge in [0.1, 0.15) is 0 Å². The summed E-state index contributed by atoms with van der Waals surface area (Å²) in [5.41, 5.74) is 2.29. The highest BCUT2D eigenvalue weighted by molar-refractivity contribution is 5.26. The van der Waals surface area contributed by atoms with Crippen LogP contribution in [0.2, 0.25) is 0 Å². The third kappa shape index (κ3) is 2.95. The number of methoxy groups -OCH3 is 1. The van der Waals surface area contributed by atoms with E-state index in [0.717, 1.165) is 29.2 Å². The van der Waals surface area contributed by atoms with Crippen LogP contribution < -0.4 is 0 Å². The lowest BCUT2D eigenvalue weighted by Gasteiger charge is -2.61. The molecule has 0 radical (unpaired) electrons. The molecular weight excluding hydrogens is 396 g/mol. The fraction of sp³-hybridized carbons (Fsp3) is 0.931. The second-order valence-electron chi connectivity index (χ2n) is 13.4. The van der Waals surface area contributed by atoms with Crippen LogP contribution in [-0.4, -0.2) is 36.1 Å². The molecular formula is C29H48O3. The van der Waals surface area contributed by atoms with Crippen molar-refractivity contribution < 1.29 is 14.9 Å². The summed E-state index contributed by atoms with van der Waals surface area (Å²) in [6.45, 7) is 11.7. The van der Waals surface area contributed by atoms with Crippen molar-refractivity contribution in [2.75, 3.05) is 13.7 Å². The molecule has 3 heteroatoms. The second-order valence-corrected chi connectivity index (χ2v) is 13.4. The van der Waals surface area contributed by atoms with E-state index in [-0.39, 0.29) is 18.4 Å². The van der Waals surface area contributed by atoms with Crippen LogP contribution in [-0.2, 0) is 4.74 Å². The number of fused-ring (bicyclic) bond motifs is 4. The van der Waals surface area contributed by atoms with Crippen molar-refractivity contribution in [3.8, 4) is 0 Å². The molecule has 3 nitrogen and oxygen atoms in total. The first kappa shape index (κ1) is 23.4. The average molecular weight is 445 g/mol. The summed E-state index contributed by atoms with van der Waals surface area (Å²) in [5.74, 6) is 4.47. The zero-order valence-corrected chi connectivity index (χ0v) is 21.4. The van der Waals surface area contributed by atoms with Crippen LogP contribution in [0.25, 0.3) is 0 Å². The summed E-state index contributed by atoms with van der Waals surface area (Å²) in [4.78, 5) is 0. The van der Waals surface area contributed by atoms with Crippen LogP contribution in [0.1, 0.15) is 86.0 Å². The Morgan fingerprint density at radius 1 is 1.06 bits per heavy atom. The van der Waals surface area contributed by atoms with Gasteiger partial charge in [-0.2, -0.15) is 0 Å². The highest BCUT2D eigenvalue weighted by atomic mass is 16.5. The summed E-state index contributed by atoms with van der Waals surface area (Å²) >= 11 is 0. The average Bonchev–Trinajstić information content (AvgIpc) is 3.27. The van der Waals surface area contributed by atoms with E-state index in [1.807, 2.05) is 13.2 Å². The molecule has 0 aromatic heterocycles. The van der Waals surface area contributed by atoms with Crippen LogP contribution in [0, 0.1) is 57.7 Å². The molecule has 0 aliphatic heterocycles. The predicted octanol–water partition coefficient (Wildman–Crippen LogP) is 5.84.